The van der Waals surface area contributed by atoms with Crippen molar-refractivity contribution < 1.29 is 27.1 Å². The van der Waals surface area contributed by atoms with Crippen molar-refractivity contribution in [2.75, 3.05) is 7.11 Å². The summed E-state index contributed by atoms with van der Waals surface area (Å²) in [4.78, 5) is 22.3. The number of carbonyl (C=O) groups is 1. The fraction of sp³-hybridized carbons (Fsp3) is 0.0833. The molecule has 10 nitrogen and oxygen atoms in total. The number of benzene rings is 3. The molecule has 184 valence electrons. The summed E-state index contributed by atoms with van der Waals surface area (Å²) in [5.74, 6) is -0.763. The summed E-state index contributed by atoms with van der Waals surface area (Å²) in [7, 11) is -3.07. The Morgan fingerprint density at radius 3 is 2.42 bits per heavy atom. The number of halogens is 1. The molecule has 1 amide bonds. The van der Waals surface area contributed by atoms with Crippen molar-refractivity contribution in [3.63, 3.8) is 0 Å². The van der Waals surface area contributed by atoms with Gasteiger partial charge in [-0.1, -0.05) is 30.3 Å². The summed E-state index contributed by atoms with van der Waals surface area (Å²) >= 11 is 3.23. The number of nitro benzene ring substituents is 1. The SMILES string of the molecule is COc1cc(/C=C(\C#N)C(=O)NCc2ccccc2)cc(Br)c1OS(=O)(=O)c1ccc([N+](=O)[O-])cc1. The third-order valence-corrected chi connectivity index (χ3v) is 6.58. The van der Waals surface area contributed by atoms with Gasteiger partial charge in [0, 0.05) is 18.7 Å². The highest BCUT2D eigenvalue weighted by Gasteiger charge is 2.23. The van der Waals surface area contributed by atoms with Gasteiger partial charge in [0.05, 0.1) is 16.5 Å². The van der Waals surface area contributed by atoms with Crippen LogP contribution in [-0.2, 0) is 21.5 Å². The number of hydrogen-bond acceptors (Lipinski definition) is 8. The predicted molar refractivity (Wildman–Crippen MR) is 133 cm³/mol. The average molecular weight is 572 g/mol. The molecule has 3 aromatic rings. The van der Waals surface area contributed by atoms with Crippen LogP contribution in [-0.4, -0.2) is 26.4 Å². The zero-order valence-electron chi connectivity index (χ0n) is 18.7. The van der Waals surface area contributed by atoms with Crippen LogP contribution in [0, 0.1) is 21.4 Å². The second-order valence-electron chi connectivity index (χ2n) is 7.16. The minimum absolute atomic E-state index is 0.00287. The predicted octanol–water partition coefficient (Wildman–Crippen LogP) is 4.36. The number of nitro groups is 1. The maximum absolute atomic E-state index is 12.7. The number of hydrogen-bond donors (Lipinski definition) is 1. The van der Waals surface area contributed by atoms with E-state index >= 15 is 0 Å². The Labute approximate surface area is 215 Å². The molecule has 0 aromatic heterocycles. The van der Waals surface area contributed by atoms with Crippen LogP contribution in [0.3, 0.4) is 0 Å². The lowest BCUT2D eigenvalue weighted by Crippen LogP contribution is -2.23. The van der Waals surface area contributed by atoms with E-state index < -0.39 is 20.9 Å². The number of nitriles is 1. The van der Waals surface area contributed by atoms with Gasteiger partial charge in [-0.25, -0.2) is 0 Å². The van der Waals surface area contributed by atoms with E-state index in [1.807, 2.05) is 36.4 Å². The van der Waals surface area contributed by atoms with Crippen LogP contribution in [0.15, 0.2) is 81.7 Å². The van der Waals surface area contributed by atoms with E-state index in [0.717, 1.165) is 29.8 Å². The average Bonchev–Trinajstić information content (AvgIpc) is 2.87. The molecule has 0 atom stereocenters. The Balaban J connectivity index is 1.85. The molecule has 3 aromatic carbocycles. The number of carbonyl (C=O) groups excluding carboxylic acids is 1. The fourth-order valence-corrected chi connectivity index (χ4v) is 4.59. The molecule has 0 saturated heterocycles. The van der Waals surface area contributed by atoms with Crippen molar-refractivity contribution in [2.45, 2.75) is 11.4 Å². The van der Waals surface area contributed by atoms with Crippen molar-refractivity contribution in [1.82, 2.24) is 5.32 Å². The first-order valence-electron chi connectivity index (χ1n) is 10.1. The van der Waals surface area contributed by atoms with Crippen molar-refractivity contribution in [2.24, 2.45) is 0 Å². The molecule has 1 N–H and O–H groups in total. The first-order chi connectivity index (χ1) is 17.1. The zero-order valence-corrected chi connectivity index (χ0v) is 21.1. The van der Waals surface area contributed by atoms with Crippen molar-refractivity contribution in [1.29, 1.82) is 5.26 Å². The highest BCUT2D eigenvalue weighted by Crippen LogP contribution is 2.39. The van der Waals surface area contributed by atoms with Gasteiger partial charge in [0.15, 0.2) is 11.5 Å². The van der Waals surface area contributed by atoms with Crippen LogP contribution in [0.5, 0.6) is 11.5 Å². The molecule has 0 aliphatic carbocycles. The molecule has 0 heterocycles. The Morgan fingerprint density at radius 1 is 1.17 bits per heavy atom. The Kier molecular flexibility index (Phi) is 8.42. The van der Waals surface area contributed by atoms with Crippen LogP contribution in [0.25, 0.3) is 6.08 Å². The van der Waals surface area contributed by atoms with Gasteiger partial charge >= 0.3 is 10.1 Å². The Bertz CT molecular complexity index is 1470. The minimum Gasteiger partial charge on any atom is -0.493 e. The lowest BCUT2D eigenvalue weighted by Gasteiger charge is -2.13. The summed E-state index contributed by atoms with van der Waals surface area (Å²) in [6, 6.07) is 18.1. The second-order valence-corrected chi connectivity index (χ2v) is 9.56. The molecule has 3 rings (SSSR count). The van der Waals surface area contributed by atoms with E-state index in [2.05, 4.69) is 21.2 Å². The highest BCUT2D eigenvalue weighted by atomic mass is 79.9. The summed E-state index contributed by atoms with van der Waals surface area (Å²) in [6.45, 7) is 0.235. The molecule has 0 radical (unpaired) electrons. The molecule has 0 bridgehead atoms. The quantitative estimate of drug-likeness (QED) is 0.131. The zero-order chi connectivity index (χ0) is 26.3. The van der Waals surface area contributed by atoms with E-state index in [4.69, 9.17) is 8.92 Å². The van der Waals surface area contributed by atoms with Crippen LogP contribution >= 0.6 is 15.9 Å². The van der Waals surface area contributed by atoms with E-state index in [-0.39, 0.29) is 38.7 Å². The molecule has 0 aliphatic rings. The summed E-state index contributed by atoms with van der Waals surface area (Å²) in [5, 5.41) is 22.9. The van der Waals surface area contributed by atoms with Crippen molar-refractivity contribution >= 4 is 43.7 Å². The number of rotatable bonds is 9. The molecule has 0 saturated carbocycles. The fourth-order valence-electron chi connectivity index (χ4n) is 2.99. The summed E-state index contributed by atoms with van der Waals surface area (Å²) in [6.07, 6.45) is 1.32. The Morgan fingerprint density at radius 2 is 1.83 bits per heavy atom. The standard InChI is InChI=1S/C24H18BrN3O7S/c1-34-22-13-17(11-18(14-26)24(29)27-15-16-5-3-2-4-6-16)12-21(25)23(22)35-36(32,33)20-9-7-19(8-10-20)28(30)31/h2-13H,15H2,1H3,(H,27,29)/b18-11+. The van der Waals surface area contributed by atoms with E-state index in [1.54, 1.807) is 0 Å². The normalized spacial score (nSPS) is 11.3. The molecule has 0 unspecified atom stereocenters. The smallest absolute Gasteiger partial charge is 0.339 e. The van der Waals surface area contributed by atoms with E-state index in [0.29, 0.717) is 5.56 Å². The maximum Gasteiger partial charge on any atom is 0.339 e. The number of nitrogens with zero attached hydrogens (tertiary/aromatic N) is 2. The van der Waals surface area contributed by atoms with Gasteiger partial charge in [-0.15, -0.1) is 0 Å². The monoisotopic (exact) mass is 571 g/mol. The molecule has 0 spiro atoms. The Hall–Kier alpha value is -4.21. The minimum atomic E-state index is -4.36. The second kappa shape index (κ2) is 11.5. The number of nitrogens with one attached hydrogen (secondary N) is 1. The molecule has 36 heavy (non-hydrogen) atoms. The lowest BCUT2D eigenvalue weighted by molar-refractivity contribution is -0.384. The maximum atomic E-state index is 12.7. The first kappa shape index (κ1) is 26.4. The van der Waals surface area contributed by atoms with Gasteiger partial charge in [0.1, 0.15) is 16.5 Å². The molecule has 0 aliphatic heterocycles. The van der Waals surface area contributed by atoms with Crippen LogP contribution in [0.4, 0.5) is 5.69 Å². The van der Waals surface area contributed by atoms with Crippen LogP contribution in [0.1, 0.15) is 11.1 Å². The molecule has 0 fully saturated rings. The van der Waals surface area contributed by atoms with Crippen LogP contribution in [0.2, 0.25) is 0 Å². The topological polar surface area (TPSA) is 149 Å². The van der Waals surface area contributed by atoms with Gasteiger partial charge in [0.2, 0.25) is 0 Å². The lowest BCUT2D eigenvalue weighted by atomic mass is 10.1. The van der Waals surface area contributed by atoms with Crippen LogP contribution < -0.4 is 14.2 Å². The van der Waals surface area contributed by atoms with E-state index in [1.165, 1.54) is 25.3 Å². The van der Waals surface area contributed by atoms with Gasteiger partial charge < -0.3 is 14.2 Å². The largest absolute Gasteiger partial charge is 0.493 e. The van der Waals surface area contributed by atoms with Gasteiger partial charge in [-0.05, 0) is 57.4 Å². The summed E-state index contributed by atoms with van der Waals surface area (Å²) in [5.41, 5.74) is 0.783. The highest BCUT2D eigenvalue weighted by molar-refractivity contribution is 9.10. The van der Waals surface area contributed by atoms with Crippen molar-refractivity contribution in [3.05, 3.63) is 98.0 Å². The number of methoxy groups -OCH3 is 1. The van der Waals surface area contributed by atoms with Gasteiger partial charge in [-0.3, -0.25) is 14.9 Å². The molecule has 12 heteroatoms. The van der Waals surface area contributed by atoms with Crippen molar-refractivity contribution in [3.8, 4) is 17.6 Å². The number of amides is 1. The third-order valence-electron chi connectivity index (χ3n) is 4.75. The summed E-state index contributed by atoms with van der Waals surface area (Å²) < 4.78 is 36.1. The number of non-ortho nitro benzene ring substituents is 1. The molecular formula is C24H18BrN3O7S. The molecular weight excluding hydrogens is 554 g/mol. The van der Waals surface area contributed by atoms with E-state index in [9.17, 15) is 28.6 Å². The number of ether oxygens (including phenoxy) is 1. The first-order valence-corrected chi connectivity index (χ1v) is 12.3. The van der Waals surface area contributed by atoms with Gasteiger partial charge in [0.25, 0.3) is 11.6 Å². The third kappa shape index (κ3) is 6.47. The van der Waals surface area contributed by atoms with Gasteiger partial charge in [-0.2, -0.15) is 13.7 Å².